The molecule has 0 aliphatic carbocycles. The predicted molar refractivity (Wildman–Crippen MR) is 119 cm³/mol. The highest BCUT2D eigenvalue weighted by atomic mass is 16.4. The molecule has 2 aromatic heterocycles. The van der Waals surface area contributed by atoms with E-state index in [1.807, 2.05) is 6.07 Å². The molecule has 10 nitrogen and oxygen atoms in total. The molecule has 2 rings (SSSR count). The van der Waals surface area contributed by atoms with Crippen LogP contribution in [-0.4, -0.2) is 35.7 Å². The fourth-order valence-electron chi connectivity index (χ4n) is 2.75. The Morgan fingerprint density at radius 1 is 1.09 bits per heavy atom. The summed E-state index contributed by atoms with van der Waals surface area (Å²) in [6, 6.07) is 4.53. The molecule has 2 amide bonds. The van der Waals surface area contributed by atoms with E-state index in [9.17, 15) is 19.2 Å². The van der Waals surface area contributed by atoms with Crippen LogP contribution in [0.3, 0.4) is 0 Å². The molecule has 10 heteroatoms. The molecular formula is C23H29N3O7. The van der Waals surface area contributed by atoms with Gasteiger partial charge < -0.3 is 19.3 Å². The van der Waals surface area contributed by atoms with Crippen LogP contribution in [0.2, 0.25) is 0 Å². The van der Waals surface area contributed by atoms with Gasteiger partial charge in [-0.3, -0.25) is 19.7 Å². The zero-order chi connectivity index (χ0) is 25.0. The van der Waals surface area contributed by atoms with Gasteiger partial charge in [0.1, 0.15) is 23.2 Å². The van der Waals surface area contributed by atoms with E-state index in [1.165, 1.54) is 19.2 Å². The Bertz CT molecular complexity index is 1030. The molecule has 3 N–H and O–H groups in total. The molecule has 0 saturated carbocycles. The monoisotopic (exact) mass is 459 g/mol. The molecule has 0 aliphatic heterocycles. The number of unbranched alkanes of at least 4 members (excludes halogenated alkanes) is 3. The Morgan fingerprint density at radius 2 is 1.79 bits per heavy atom. The maximum Gasteiger partial charge on any atom is 0.371 e. The average Bonchev–Trinajstić information content (AvgIpc) is 3.35. The third kappa shape index (κ3) is 8.65. The van der Waals surface area contributed by atoms with Gasteiger partial charge in [-0.05, 0) is 26.3 Å². The van der Waals surface area contributed by atoms with Crippen LogP contribution < -0.4 is 10.6 Å². The summed E-state index contributed by atoms with van der Waals surface area (Å²) in [5.41, 5.74) is 1.04. The maximum atomic E-state index is 11.6. The number of amides is 2. The van der Waals surface area contributed by atoms with Crippen molar-refractivity contribution in [3.05, 3.63) is 40.5 Å². The van der Waals surface area contributed by atoms with E-state index in [-0.39, 0.29) is 35.5 Å². The summed E-state index contributed by atoms with van der Waals surface area (Å²) >= 11 is 0. The van der Waals surface area contributed by atoms with E-state index in [0.29, 0.717) is 17.7 Å². The molecule has 2 heterocycles. The quantitative estimate of drug-likeness (QED) is 0.355. The predicted octanol–water partition coefficient (Wildman–Crippen LogP) is 3.97. The summed E-state index contributed by atoms with van der Waals surface area (Å²) < 4.78 is 10.0. The van der Waals surface area contributed by atoms with Crippen molar-refractivity contribution in [2.75, 3.05) is 12.4 Å². The van der Waals surface area contributed by atoms with Crippen LogP contribution in [0.4, 0.5) is 5.88 Å². The van der Waals surface area contributed by atoms with Crippen molar-refractivity contribution >= 4 is 29.5 Å². The van der Waals surface area contributed by atoms with E-state index >= 15 is 0 Å². The molecule has 0 spiro atoms. The van der Waals surface area contributed by atoms with Crippen molar-refractivity contribution < 1.29 is 33.1 Å². The summed E-state index contributed by atoms with van der Waals surface area (Å²) in [7, 11) is 1.50. The molecule has 0 saturated heterocycles. The molecule has 33 heavy (non-hydrogen) atoms. The van der Waals surface area contributed by atoms with Crippen LogP contribution in [0, 0.1) is 25.2 Å². The number of nitriles is 1. The highest BCUT2D eigenvalue weighted by molar-refractivity contribution is 6.03. The smallest absolute Gasteiger partial charge is 0.371 e. The Hall–Kier alpha value is -3.87. The normalized spacial score (nSPS) is 9.91. The number of hydrogen-bond donors (Lipinski definition) is 3. The van der Waals surface area contributed by atoms with Crippen molar-refractivity contribution in [3.8, 4) is 6.07 Å². The average molecular weight is 459 g/mol. The molecule has 0 fully saturated rings. The van der Waals surface area contributed by atoms with Gasteiger partial charge in [0, 0.05) is 25.1 Å². The van der Waals surface area contributed by atoms with Gasteiger partial charge in [-0.25, -0.2) is 4.79 Å². The number of carboxylic acid groups (broad SMARTS) is 1. The minimum absolute atomic E-state index is 0.0335. The second kappa shape index (κ2) is 13.5. The third-order valence-electron chi connectivity index (χ3n) is 4.68. The number of ketones is 1. The second-order valence-corrected chi connectivity index (χ2v) is 7.22. The summed E-state index contributed by atoms with van der Waals surface area (Å²) in [4.78, 5) is 44.9. The number of rotatable bonds is 10. The summed E-state index contributed by atoms with van der Waals surface area (Å²) in [5, 5.41) is 22.2. The zero-order valence-electron chi connectivity index (χ0n) is 19.2. The highest BCUT2D eigenvalue weighted by Gasteiger charge is 2.19. The van der Waals surface area contributed by atoms with E-state index in [4.69, 9.17) is 19.2 Å². The van der Waals surface area contributed by atoms with Crippen LogP contribution in [0.15, 0.2) is 21.0 Å². The molecule has 0 atom stereocenters. The number of aromatic carboxylic acids is 1. The number of nitrogens with zero attached hydrogens (tertiary/aromatic N) is 1. The second-order valence-electron chi connectivity index (χ2n) is 7.22. The molecule has 2 aromatic rings. The maximum absolute atomic E-state index is 11.6. The number of Topliss-reactive ketones (excluding diaryl/α,β-unsaturated/α-hetero) is 1. The van der Waals surface area contributed by atoms with Gasteiger partial charge in [0.15, 0.2) is 0 Å². The number of nitrogens with one attached hydrogen (secondary N) is 2. The first-order chi connectivity index (χ1) is 15.6. The molecule has 0 aromatic carbocycles. The van der Waals surface area contributed by atoms with Crippen LogP contribution in [0.25, 0.3) is 0 Å². The highest BCUT2D eigenvalue weighted by Crippen LogP contribution is 2.20. The Kier molecular flexibility index (Phi) is 11.1. The topological polar surface area (TPSA) is 163 Å². The SMILES string of the molecule is CCCCCCC(=O)CC(=O)Nc1ccc(C(=O)O)o1.CNC(=O)c1oc(C)c(C)c1C#N. The van der Waals surface area contributed by atoms with Crippen molar-refractivity contribution in [2.45, 2.75) is 59.3 Å². The fraction of sp³-hybridized carbons (Fsp3) is 0.435. The van der Waals surface area contributed by atoms with Gasteiger partial charge >= 0.3 is 5.97 Å². The summed E-state index contributed by atoms with van der Waals surface area (Å²) in [6.45, 7) is 5.57. The van der Waals surface area contributed by atoms with Gasteiger partial charge in [-0.2, -0.15) is 5.26 Å². The molecule has 178 valence electrons. The first kappa shape index (κ1) is 27.2. The first-order valence-electron chi connectivity index (χ1n) is 10.5. The summed E-state index contributed by atoms with van der Waals surface area (Å²) in [6.07, 6.45) is 4.15. The van der Waals surface area contributed by atoms with Crippen LogP contribution in [0.5, 0.6) is 0 Å². The molecule has 0 radical (unpaired) electrons. The molecule has 0 bridgehead atoms. The van der Waals surface area contributed by atoms with Gasteiger partial charge in [-0.1, -0.05) is 26.2 Å². The minimum atomic E-state index is -1.21. The Morgan fingerprint density at radius 3 is 2.33 bits per heavy atom. The minimum Gasteiger partial charge on any atom is -0.475 e. The van der Waals surface area contributed by atoms with Gasteiger partial charge in [0.05, 0.1) is 6.42 Å². The number of carbonyl (C=O) groups excluding carboxylic acids is 3. The lowest BCUT2D eigenvalue weighted by molar-refractivity contribution is -0.125. The standard InChI is InChI=1S/C14H19NO5.C9H10N2O2/c1-2-3-4-5-6-10(16)9-12(17)15-13-8-7-11(20-13)14(18)19;1-5-6(2)13-8(7(5)4-10)9(12)11-3/h7-8H,2-6,9H2,1H3,(H,15,17)(H,18,19);1-3H3,(H,11,12). The number of aryl methyl sites for hydroxylation is 1. The van der Waals surface area contributed by atoms with Crippen LogP contribution >= 0.6 is 0 Å². The Labute approximate surface area is 191 Å². The zero-order valence-corrected chi connectivity index (χ0v) is 19.2. The van der Waals surface area contributed by atoms with Gasteiger partial charge in [0.2, 0.25) is 23.3 Å². The molecule has 0 aliphatic rings. The number of furan rings is 2. The summed E-state index contributed by atoms with van der Waals surface area (Å²) in [5.74, 6) is -1.71. The molecular weight excluding hydrogens is 430 g/mol. The molecule has 0 unspecified atom stereocenters. The first-order valence-corrected chi connectivity index (χ1v) is 10.5. The van der Waals surface area contributed by atoms with E-state index in [0.717, 1.165) is 31.2 Å². The number of carbonyl (C=O) groups is 4. The number of anilines is 1. The van der Waals surface area contributed by atoms with E-state index in [2.05, 4.69) is 17.6 Å². The van der Waals surface area contributed by atoms with Gasteiger partial charge in [-0.15, -0.1) is 0 Å². The van der Waals surface area contributed by atoms with Crippen LogP contribution in [-0.2, 0) is 9.59 Å². The lowest BCUT2D eigenvalue weighted by Gasteiger charge is -2.02. The lowest BCUT2D eigenvalue weighted by Crippen LogP contribution is -2.18. The van der Waals surface area contributed by atoms with Crippen molar-refractivity contribution in [2.24, 2.45) is 0 Å². The lowest BCUT2D eigenvalue weighted by atomic mass is 10.1. The largest absolute Gasteiger partial charge is 0.475 e. The van der Waals surface area contributed by atoms with E-state index < -0.39 is 11.9 Å². The number of carboxylic acids is 1. The third-order valence-corrected chi connectivity index (χ3v) is 4.68. The fourth-order valence-corrected chi connectivity index (χ4v) is 2.75. The van der Waals surface area contributed by atoms with Crippen molar-refractivity contribution in [1.29, 1.82) is 5.26 Å². The van der Waals surface area contributed by atoms with Crippen molar-refractivity contribution in [1.82, 2.24) is 5.32 Å². The van der Waals surface area contributed by atoms with Crippen molar-refractivity contribution in [3.63, 3.8) is 0 Å². The van der Waals surface area contributed by atoms with Gasteiger partial charge in [0.25, 0.3) is 5.91 Å². The van der Waals surface area contributed by atoms with Crippen LogP contribution in [0.1, 0.15) is 83.4 Å². The Balaban J connectivity index is 0.000000361. The number of hydrogen-bond acceptors (Lipinski definition) is 7. The van der Waals surface area contributed by atoms with E-state index in [1.54, 1.807) is 13.8 Å².